The predicted octanol–water partition coefficient (Wildman–Crippen LogP) is 2.37. The van der Waals surface area contributed by atoms with Crippen molar-refractivity contribution in [3.8, 4) is 0 Å². The average Bonchev–Trinajstić information content (AvgIpc) is 3.07. The molecule has 1 aromatic carbocycles. The van der Waals surface area contributed by atoms with E-state index >= 15 is 0 Å². The van der Waals surface area contributed by atoms with Crippen LogP contribution in [0.5, 0.6) is 0 Å². The number of halogens is 1. The van der Waals surface area contributed by atoms with Crippen molar-refractivity contribution in [3.63, 3.8) is 0 Å². The lowest BCUT2D eigenvalue weighted by atomic mass is 10.0. The predicted molar refractivity (Wildman–Crippen MR) is 111 cm³/mol. The van der Waals surface area contributed by atoms with Crippen LogP contribution in [0.3, 0.4) is 0 Å². The van der Waals surface area contributed by atoms with Crippen molar-refractivity contribution in [2.24, 2.45) is 0 Å². The maximum Gasteiger partial charge on any atom is 0.241 e. The number of sulfonamides is 1. The average molecular weight is 437 g/mol. The van der Waals surface area contributed by atoms with Gasteiger partial charge in [0.2, 0.25) is 10.0 Å². The monoisotopic (exact) mass is 436 g/mol. The van der Waals surface area contributed by atoms with Crippen molar-refractivity contribution in [3.05, 3.63) is 46.5 Å². The molecule has 9 heteroatoms. The van der Waals surface area contributed by atoms with Gasteiger partial charge in [-0.25, -0.2) is 17.5 Å². The summed E-state index contributed by atoms with van der Waals surface area (Å²) in [4.78, 5) is 2.25. The minimum Gasteiger partial charge on any atom is -0.376 e. The molecular weight excluding hydrogens is 407 g/mol. The van der Waals surface area contributed by atoms with Crippen LogP contribution >= 0.6 is 0 Å². The van der Waals surface area contributed by atoms with Gasteiger partial charge in [0.25, 0.3) is 0 Å². The van der Waals surface area contributed by atoms with Crippen molar-refractivity contribution < 1.29 is 17.5 Å². The van der Waals surface area contributed by atoms with Crippen molar-refractivity contribution in [1.82, 2.24) is 19.4 Å². The standard InChI is InChI=1S/C21H29FN4O3S/c1-3-26-20-8-10-29-14-18(20)19(23-26)13-25-9-4-5-17(12-25)24-30(27,28)21-11-16(22)7-6-15(21)2/h6-7,11,17,24H,3-5,8-10,12-14H2,1-2H3. The van der Waals surface area contributed by atoms with Crippen molar-refractivity contribution in [2.75, 3.05) is 19.7 Å². The number of ether oxygens (including phenoxy) is 1. The molecule has 1 unspecified atom stereocenters. The quantitative estimate of drug-likeness (QED) is 0.752. The third-order valence-electron chi connectivity index (χ3n) is 5.92. The Morgan fingerprint density at radius 2 is 2.20 bits per heavy atom. The molecule has 1 fully saturated rings. The van der Waals surface area contributed by atoms with E-state index in [-0.39, 0.29) is 10.9 Å². The summed E-state index contributed by atoms with van der Waals surface area (Å²) in [6, 6.07) is 3.64. The molecule has 7 nitrogen and oxygen atoms in total. The molecule has 1 aromatic heterocycles. The van der Waals surface area contributed by atoms with Gasteiger partial charge in [0, 0.05) is 43.4 Å². The highest BCUT2D eigenvalue weighted by molar-refractivity contribution is 7.89. The molecule has 0 amide bonds. The Balaban J connectivity index is 1.46. The van der Waals surface area contributed by atoms with Gasteiger partial charge >= 0.3 is 0 Å². The summed E-state index contributed by atoms with van der Waals surface area (Å²) >= 11 is 0. The minimum absolute atomic E-state index is 0.00697. The molecule has 2 aliphatic heterocycles. The molecule has 0 saturated carbocycles. The van der Waals surface area contributed by atoms with Crippen molar-refractivity contribution >= 4 is 10.0 Å². The molecule has 0 aliphatic carbocycles. The first-order valence-corrected chi connectivity index (χ1v) is 12.0. The van der Waals surface area contributed by atoms with E-state index in [2.05, 4.69) is 21.2 Å². The summed E-state index contributed by atoms with van der Waals surface area (Å²) in [5, 5.41) is 4.79. The summed E-state index contributed by atoms with van der Waals surface area (Å²) in [5.41, 5.74) is 4.00. The second-order valence-corrected chi connectivity index (χ2v) is 9.78. The SMILES string of the molecule is CCn1nc(CN2CCCC(NS(=O)(=O)c3cc(F)ccc3C)C2)c2c1CCOC2. The van der Waals surface area contributed by atoms with Gasteiger partial charge in [-0.15, -0.1) is 0 Å². The number of hydrogen-bond donors (Lipinski definition) is 1. The number of aryl methyl sites for hydroxylation is 2. The van der Waals surface area contributed by atoms with Crippen LogP contribution < -0.4 is 4.72 Å². The highest BCUT2D eigenvalue weighted by Crippen LogP contribution is 2.24. The van der Waals surface area contributed by atoms with Crippen molar-refractivity contribution in [1.29, 1.82) is 0 Å². The Kier molecular flexibility index (Phi) is 6.24. The smallest absolute Gasteiger partial charge is 0.241 e. The summed E-state index contributed by atoms with van der Waals surface area (Å²) < 4.78 is 49.8. The summed E-state index contributed by atoms with van der Waals surface area (Å²) in [6.07, 6.45) is 2.53. The Labute approximate surface area is 177 Å². The number of nitrogens with zero attached hydrogens (tertiary/aromatic N) is 3. The summed E-state index contributed by atoms with van der Waals surface area (Å²) in [6.45, 7) is 8.09. The van der Waals surface area contributed by atoms with Crippen LogP contribution in [0, 0.1) is 12.7 Å². The maximum atomic E-state index is 13.6. The van der Waals surface area contributed by atoms with Crippen LogP contribution in [0.1, 0.15) is 42.3 Å². The molecule has 3 heterocycles. The number of likely N-dealkylation sites (tertiary alicyclic amines) is 1. The number of hydrogen-bond acceptors (Lipinski definition) is 5. The van der Waals surface area contributed by atoms with E-state index in [0.29, 0.717) is 25.3 Å². The zero-order valence-electron chi connectivity index (χ0n) is 17.5. The lowest BCUT2D eigenvalue weighted by Crippen LogP contribution is -2.47. The summed E-state index contributed by atoms with van der Waals surface area (Å²) in [7, 11) is -3.78. The number of benzene rings is 1. The first kappa shape index (κ1) is 21.4. The van der Waals surface area contributed by atoms with Crippen LogP contribution in [-0.2, 0) is 40.9 Å². The zero-order chi connectivity index (χ0) is 21.3. The van der Waals surface area contributed by atoms with Gasteiger partial charge in [0.1, 0.15) is 5.82 Å². The van der Waals surface area contributed by atoms with E-state index in [9.17, 15) is 12.8 Å². The second kappa shape index (κ2) is 8.74. The fraction of sp³-hybridized carbons (Fsp3) is 0.571. The molecule has 0 bridgehead atoms. The third-order valence-corrected chi connectivity index (χ3v) is 7.58. The van der Waals surface area contributed by atoms with E-state index in [4.69, 9.17) is 9.84 Å². The number of piperidine rings is 1. The van der Waals surface area contributed by atoms with Gasteiger partial charge in [0.05, 0.1) is 23.8 Å². The molecule has 164 valence electrons. The zero-order valence-corrected chi connectivity index (χ0v) is 18.3. The summed E-state index contributed by atoms with van der Waals surface area (Å²) in [5.74, 6) is -0.551. The lowest BCUT2D eigenvalue weighted by molar-refractivity contribution is 0.107. The van der Waals surface area contributed by atoms with E-state index in [0.717, 1.165) is 50.7 Å². The molecule has 4 rings (SSSR count). The van der Waals surface area contributed by atoms with Gasteiger partial charge < -0.3 is 4.74 Å². The van der Waals surface area contributed by atoms with Gasteiger partial charge in [-0.1, -0.05) is 6.07 Å². The van der Waals surface area contributed by atoms with Crippen LogP contribution in [0.4, 0.5) is 4.39 Å². The number of aromatic nitrogens is 2. The van der Waals surface area contributed by atoms with Gasteiger partial charge in [-0.2, -0.15) is 5.10 Å². The second-order valence-electron chi connectivity index (χ2n) is 8.10. The molecule has 1 N–H and O–H groups in total. The van der Waals surface area contributed by atoms with Gasteiger partial charge in [-0.05, 0) is 50.9 Å². The molecule has 0 spiro atoms. The topological polar surface area (TPSA) is 76.5 Å². The third kappa shape index (κ3) is 4.44. The molecular formula is C21H29FN4O3S. The van der Waals surface area contributed by atoms with E-state index in [1.165, 1.54) is 23.4 Å². The Morgan fingerprint density at radius 1 is 1.37 bits per heavy atom. The largest absolute Gasteiger partial charge is 0.376 e. The van der Waals surface area contributed by atoms with Crippen LogP contribution in [-0.4, -0.2) is 48.8 Å². The number of rotatable bonds is 6. The Hall–Kier alpha value is -1.81. The first-order valence-electron chi connectivity index (χ1n) is 10.5. The normalized spacial score (nSPS) is 20.3. The Morgan fingerprint density at radius 3 is 3.00 bits per heavy atom. The molecule has 2 aliphatic rings. The first-order chi connectivity index (χ1) is 14.4. The van der Waals surface area contributed by atoms with E-state index in [1.54, 1.807) is 6.92 Å². The highest BCUT2D eigenvalue weighted by atomic mass is 32.2. The molecule has 1 atom stereocenters. The number of nitrogens with one attached hydrogen (secondary N) is 1. The van der Waals surface area contributed by atoms with Crippen LogP contribution in [0.2, 0.25) is 0 Å². The fourth-order valence-corrected chi connectivity index (χ4v) is 5.94. The Bertz CT molecular complexity index is 1020. The van der Waals surface area contributed by atoms with Crippen LogP contribution in [0.25, 0.3) is 0 Å². The lowest BCUT2D eigenvalue weighted by Gasteiger charge is -2.32. The molecule has 2 aromatic rings. The van der Waals surface area contributed by atoms with E-state index < -0.39 is 15.8 Å². The van der Waals surface area contributed by atoms with Crippen molar-refractivity contribution in [2.45, 2.75) is 63.7 Å². The fourth-order valence-electron chi connectivity index (χ4n) is 4.42. The minimum atomic E-state index is -3.78. The molecule has 0 radical (unpaired) electrons. The molecule has 30 heavy (non-hydrogen) atoms. The molecule has 1 saturated heterocycles. The van der Waals surface area contributed by atoms with E-state index in [1.807, 2.05) is 0 Å². The van der Waals surface area contributed by atoms with Gasteiger partial charge in [0.15, 0.2) is 0 Å². The van der Waals surface area contributed by atoms with Crippen LogP contribution in [0.15, 0.2) is 23.1 Å². The maximum absolute atomic E-state index is 13.6. The highest BCUT2D eigenvalue weighted by Gasteiger charge is 2.28. The number of fused-ring (bicyclic) bond motifs is 1. The van der Waals surface area contributed by atoms with Gasteiger partial charge in [-0.3, -0.25) is 9.58 Å².